The Balaban J connectivity index is 1.46. The second-order valence-electron chi connectivity index (χ2n) is 6.87. The van der Waals surface area contributed by atoms with E-state index in [0.717, 1.165) is 43.9 Å². The average molecular weight is 336 g/mol. The summed E-state index contributed by atoms with van der Waals surface area (Å²) < 4.78 is 0. The summed E-state index contributed by atoms with van der Waals surface area (Å²) in [7, 11) is 0. The van der Waals surface area contributed by atoms with Gasteiger partial charge in [0, 0.05) is 36.4 Å². The quantitative estimate of drug-likeness (QED) is 0.880. The van der Waals surface area contributed by atoms with Crippen molar-refractivity contribution in [2.45, 2.75) is 45.1 Å². The van der Waals surface area contributed by atoms with Crippen LogP contribution >= 0.6 is 11.6 Å². The van der Waals surface area contributed by atoms with Crippen LogP contribution in [0.2, 0.25) is 5.02 Å². The predicted octanol–water partition coefficient (Wildman–Crippen LogP) is 3.72. The lowest BCUT2D eigenvalue weighted by atomic mass is 10.1. The number of rotatable bonds is 4. The Morgan fingerprint density at radius 2 is 2.09 bits per heavy atom. The van der Waals surface area contributed by atoms with Crippen molar-refractivity contribution in [3.63, 3.8) is 0 Å². The summed E-state index contributed by atoms with van der Waals surface area (Å²) in [4.78, 5) is 14.3. The maximum Gasteiger partial charge on any atom is 0.315 e. The van der Waals surface area contributed by atoms with Crippen LogP contribution in [0, 0.1) is 12.8 Å². The van der Waals surface area contributed by atoms with Crippen LogP contribution in [0.15, 0.2) is 18.2 Å². The van der Waals surface area contributed by atoms with Gasteiger partial charge in [0.25, 0.3) is 0 Å². The summed E-state index contributed by atoms with van der Waals surface area (Å²) in [6.45, 7) is 4.86. The van der Waals surface area contributed by atoms with Crippen LogP contribution in [-0.2, 0) is 0 Å². The zero-order valence-electron chi connectivity index (χ0n) is 13.8. The first-order valence-electron chi connectivity index (χ1n) is 8.67. The number of amides is 2. The first-order chi connectivity index (χ1) is 11.1. The Labute approximate surface area is 143 Å². The number of carbonyl (C=O) groups is 1. The van der Waals surface area contributed by atoms with Crippen molar-refractivity contribution in [1.29, 1.82) is 0 Å². The smallest absolute Gasteiger partial charge is 0.315 e. The van der Waals surface area contributed by atoms with Crippen molar-refractivity contribution in [1.82, 2.24) is 10.6 Å². The number of carbonyl (C=O) groups excluding carboxylic acids is 1. The Bertz CT molecular complexity index is 557. The molecular formula is C18H26ClN3O. The Kier molecular flexibility index (Phi) is 5.31. The van der Waals surface area contributed by atoms with E-state index in [4.69, 9.17) is 11.6 Å². The SMILES string of the molecule is Cc1ccc(Cl)cc1N1CC[C@@H](CNC(=O)NC2CCCC2)C1. The third kappa shape index (κ3) is 4.31. The van der Waals surface area contributed by atoms with Gasteiger partial charge in [0.15, 0.2) is 0 Å². The molecule has 126 valence electrons. The molecule has 4 nitrogen and oxygen atoms in total. The summed E-state index contributed by atoms with van der Waals surface area (Å²) in [5.41, 5.74) is 2.47. The van der Waals surface area contributed by atoms with Gasteiger partial charge in [-0.3, -0.25) is 0 Å². The second-order valence-corrected chi connectivity index (χ2v) is 7.30. The largest absolute Gasteiger partial charge is 0.371 e. The minimum atomic E-state index is -0.00529. The number of nitrogens with zero attached hydrogens (tertiary/aromatic N) is 1. The Hall–Kier alpha value is -1.42. The van der Waals surface area contributed by atoms with Crippen LogP contribution in [-0.4, -0.2) is 31.7 Å². The van der Waals surface area contributed by atoms with Gasteiger partial charge in [0.1, 0.15) is 0 Å². The van der Waals surface area contributed by atoms with Crippen molar-refractivity contribution in [2.75, 3.05) is 24.5 Å². The van der Waals surface area contributed by atoms with E-state index in [9.17, 15) is 4.79 Å². The number of hydrogen-bond donors (Lipinski definition) is 2. The Morgan fingerprint density at radius 3 is 2.87 bits per heavy atom. The molecule has 2 aliphatic rings. The summed E-state index contributed by atoms with van der Waals surface area (Å²) >= 11 is 6.12. The molecule has 2 N–H and O–H groups in total. The van der Waals surface area contributed by atoms with E-state index in [1.165, 1.54) is 24.1 Å². The maximum absolute atomic E-state index is 12.0. The molecule has 23 heavy (non-hydrogen) atoms. The zero-order valence-corrected chi connectivity index (χ0v) is 14.5. The third-order valence-electron chi connectivity index (χ3n) is 5.04. The van der Waals surface area contributed by atoms with Crippen molar-refractivity contribution >= 4 is 23.3 Å². The van der Waals surface area contributed by atoms with Gasteiger partial charge in [-0.15, -0.1) is 0 Å². The van der Waals surface area contributed by atoms with Crippen molar-refractivity contribution < 1.29 is 4.79 Å². The number of nitrogens with one attached hydrogen (secondary N) is 2. The van der Waals surface area contributed by atoms with Crippen LogP contribution in [0.5, 0.6) is 0 Å². The molecule has 0 unspecified atom stereocenters. The minimum absolute atomic E-state index is 0.00529. The van der Waals surface area contributed by atoms with Gasteiger partial charge >= 0.3 is 6.03 Å². The molecule has 1 aliphatic carbocycles. The number of aryl methyl sites for hydroxylation is 1. The second kappa shape index (κ2) is 7.43. The van der Waals surface area contributed by atoms with Crippen molar-refractivity contribution in [3.05, 3.63) is 28.8 Å². The molecule has 0 aromatic heterocycles. The Morgan fingerprint density at radius 1 is 1.30 bits per heavy atom. The third-order valence-corrected chi connectivity index (χ3v) is 5.27. The van der Waals surface area contributed by atoms with Crippen LogP contribution in [0.1, 0.15) is 37.7 Å². The van der Waals surface area contributed by atoms with Gasteiger partial charge in [-0.1, -0.05) is 30.5 Å². The van der Waals surface area contributed by atoms with E-state index in [0.29, 0.717) is 12.0 Å². The maximum atomic E-state index is 12.0. The molecule has 3 rings (SSSR count). The molecule has 2 fully saturated rings. The van der Waals surface area contributed by atoms with Gasteiger partial charge in [-0.2, -0.15) is 0 Å². The summed E-state index contributed by atoms with van der Waals surface area (Å²) in [6, 6.07) is 6.42. The minimum Gasteiger partial charge on any atom is -0.371 e. The van der Waals surface area contributed by atoms with Crippen LogP contribution in [0.3, 0.4) is 0 Å². The highest BCUT2D eigenvalue weighted by molar-refractivity contribution is 6.30. The molecule has 1 saturated carbocycles. The molecule has 1 aliphatic heterocycles. The normalized spacial score (nSPS) is 21.7. The highest BCUT2D eigenvalue weighted by atomic mass is 35.5. The number of hydrogen-bond acceptors (Lipinski definition) is 2. The molecule has 0 spiro atoms. The number of urea groups is 1. The number of halogens is 1. The first-order valence-corrected chi connectivity index (χ1v) is 9.05. The van der Waals surface area contributed by atoms with Gasteiger partial charge in [-0.05, 0) is 49.8 Å². The first kappa shape index (κ1) is 16.4. The highest BCUT2D eigenvalue weighted by Crippen LogP contribution is 2.29. The average Bonchev–Trinajstić information content (AvgIpc) is 3.19. The van der Waals surface area contributed by atoms with Gasteiger partial charge in [0.2, 0.25) is 0 Å². The monoisotopic (exact) mass is 335 g/mol. The van der Waals surface area contributed by atoms with Gasteiger partial charge < -0.3 is 15.5 Å². The van der Waals surface area contributed by atoms with Gasteiger partial charge in [0.05, 0.1) is 0 Å². The van der Waals surface area contributed by atoms with Crippen molar-refractivity contribution in [2.24, 2.45) is 5.92 Å². The lowest BCUT2D eigenvalue weighted by molar-refractivity contribution is 0.235. The highest BCUT2D eigenvalue weighted by Gasteiger charge is 2.24. The fourth-order valence-corrected chi connectivity index (χ4v) is 3.85. The molecule has 2 amide bonds. The fraction of sp³-hybridized carbons (Fsp3) is 0.611. The summed E-state index contributed by atoms with van der Waals surface area (Å²) in [6.07, 6.45) is 5.83. The molecule has 1 aromatic rings. The fourth-order valence-electron chi connectivity index (χ4n) is 3.68. The number of benzene rings is 1. The molecule has 0 radical (unpaired) electrons. The van der Waals surface area contributed by atoms with Crippen LogP contribution in [0.25, 0.3) is 0 Å². The van der Waals surface area contributed by atoms with E-state index in [-0.39, 0.29) is 6.03 Å². The van der Waals surface area contributed by atoms with E-state index < -0.39 is 0 Å². The number of anilines is 1. The van der Waals surface area contributed by atoms with E-state index in [1.54, 1.807) is 0 Å². The van der Waals surface area contributed by atoms with Crippen LogP contribution in [0.4, 0.5) is 10.5 Å². The van der Waals surface area contributed by atoms with Crippen LogP contribution < -0.4 is 15.5 Å². The molecule has 5 heteroatoms. The van der Waals surface area contributed by atoms with E-state index >= 15 is 0 Å². The van der Waals surface area contributed by atoms with Gasteiger partial charge in [-0.25, -0.2) is 4.79 Å². The molecule has 1 saturated heterocycles. The molecule has 1 heterocycles. The summed E-state index contributed by atoms with van der Waals surface area (Å²) in [5.74, 6) is 0.503. The van der Waals surface area contributed by atoms with E-state index in [2.05, 4.69) is 28.5 Å². The standard InChI is InChI=1S/C18H26ClN3O/c1-13-6-7-15(19)10-17(13)22-9-8-14(12-22)11-20-18(23)21-16-4-2-3-5-16/h6-7,10,14,16H,2-5,8-9,11-12H2,1H3,(H2,20,21,23)/t14-/m0/s1. The lowest BCUT2D eigenvalue weighted by Gasteiger charge is -2.21. The van der Waals surface area contributed by atoms with E-state index in [1.807, 2.05) is 12.1 Å². The topological polar surface area (TPSA) is 44.4 Å². The summed E-state index contributed by atoms with van der Waals surface area (Å²) in [5, 5.41) is 6.91. The molecular weight excluding hydrogens is 310 g/mol. The predicted molar refractivity (Wildman–Crippen MR) is 95.3 cm³/mol. The molecule has 1 aromatic carbocycles. The zero-order chi connectivity index (χ0) is 16.2. The van der Waals surface area contributed by atoms with Crippen molar-refractivity contribution in [3.8, 4) is 0 Å². The molecule has 0 bridgehead atoms. The molecule has 1 atom stereocenters. The lowest BCUT2D eigenvalue weighted by Crippen LogP contribution is -2.42.